The molecule has 0 atom stereocenters. The molecule has 0 saturated heterocycles. The zero-order chi connectivity index (χ0) is 25.1. The number of rotatable bonds is 6. The van der Waals surface area contributed by atoms with Crippen molar-refractivity contribution in [2.45, 2.75) is 6.61 Å². The molecule has 1 aromatic heterocycles. The number of hydrogen-bond acceptors (Lipinski definition) is 4. The van der Waals surface area contributed by atoms with E-state index in [1.807, 2.05) is 12.1 Å². The van der Waals surface area contributed by atoms with Gasteiger partial charge in [-0.05, 0) is 84.4 Å². The Morgan fingerprint density at radius 1 is 0.778 bits per heavy atom. The largest absolute Gasteiger partial charge is 0.392 e. The summed E-state index contributed by atoms with van der Waals surface area (Å²) in [6.45, 7) is -0.0738. The molecule has 1 heterocycles. The van der Waals surface area contributed by atoms with E-state index < -0.39 is 0 Å². The number of benzene rings is 4. The molecule has 0 bridgehead atoms. The fraction of sp³-hybridized carbons (Fsp3) is 0.0357. The fourth-order valence-corrected chi connectivity index (χ4v) is 3.70. The van der Waals surface area contributed by atoms with E-state index >= 15 is 0 Å². The lowest BCUT2D eigenvalue weighted by atomic mass is 10.1. The van der Waals surface area contributed by atoms with Crippen molar-refractivity contribution >= 4 is 34.2 Å². The highest BCUT2D eigenvalue weighted by Crippen LogP contribution is 2.24. The van der Waals surface area contributed by atoms with Crippen LogP contribution in [0.15, 0.2) is 91.0 Å². The van der Waals surface area contributed by atoms with Gasteiger partial charge in [0.25, 0.3) is 11.8 Å². The third kappa shape index (κ3) is 4.98. The summed E-state index contributed by atoms with van der Waals surface area (Å²) in [5.41, 5.74) is 5.01. The fourth-order valence-electron chi connectivity index (χ4n) is 3.70. The Labute approximate surface area is 205 Å². The predicted octanol–water partition coefficient (Wildman–Crippen LogP) is 5.37. The van der Waals surface area contributed by atoms with Gasteiger partial charge in [0.05, 0.1) is 17.6 Å². The van der Waals surface area contributed by atoms with Gasteiger partial charge in [-0.25, -0.2) is 9.37 Å². The first-order valence-electron chi connectivity index (χ1n) is 11.2. The standard InChI is InChI=1S/C28H21FN4O3/c29-21-8-12-23(13-9-21)31-28(36)20-7-14-24-25(15-20)33-26(32-24)18-5-10-22(11-6-18)30-27(35)19-3-1-17(16-34)2-4-19/h1-15,34H,16H2,(H,30,35)(H,31,36)(H,32,33). The first kappa shape index (κ1) is 22.9. The zero-order valence-corrected chi connectivity index (χ0v) is 19.0. The minimum Gasteiger partial charge on any atom is -0.392 e. The molecule has 0 saturated carbocycles. The van der Waals surface area contributed by atoms with Crippen molar-refractivity contribution < 1.29 is 19.1 Å². The minimum absolute atomic E-state index is 0.0738. The molecule has 0 spiro atoms. The smallest absolute Gasteiger partial charge is 0.255 e. The number of carbonyl (C=O) groups is 2. The van der Waals surface area contributed by atoms with E-state index in [-0.39, 0.29) is 24.2 Å². The Morgan fingerprint density at radius 2 is 1.36 bits per heavy atom. The second-order valence-electron chi connectivity index (χ2n) is 8.16. The van der Waals surface area contributed by atoms with Crippen LogP contribution in [0.4, 0.5) is 15.8 Å². The van der Waals surface area contributed by atoms with Gasteiger partial charge in [0, 0.05) is 28.1 Å². The number of aromatic nitrogens is 2. The number of aliphatic hydroxyl groups is 1. The highest BCUT2D eigenvalue weighted by molar-refractivity contribution is 6.06. The molecule has 4 N–H and O–H groups in total. The summed E-state index contributed by atoms with van der Waals surface area (Å²) in [4.78, 5) is 32.9. The summed E-state index contributed by atoms with van der Waals surface area (Å²) in [6, 6.07) is 24.7. The number of nitrogens with zero attached hydrogens (tertiary/aromatic N) is 1. The maximum Gasteiger partial charge on any atom is 0.255 e. The number of imidazole rings is 1. The Balaban J connectivity index is 1.29. The number of anilines is 2. The van der Waals surface area contributed by atoms with E-state index in [1.165, 1.54) is 24.3 Å². The Kier molecular flexibility index (Phi) is 6.25. The second kappa shape index (κ2) is 9.81. The van der Waals surface area contributed by atoms with Crippen LogP contribution in [-0.2, 0) is 6.61 Å². The molecular formula is C28H21FN4O3. The van der Waals surface area contributed by atoms with E-state index in [4.69, 9.17) is 5.11 Å². The number of aliphatic hydroxyl groups excluding tert-OH is 1. The summed E-state index contributed by atoms with van der Waals surface area (Å²) in [5, 5.41) is 14.7. The monoisotopic (exact) mass is 480 g/mol. The average Bonchev–Trinajstić information content (AvgIpc) is 3.34. The van der Waals surface area contributed by atoms with Crippen LogP contribution in [0.3, 0.4) is 0 Å². The summed E-state index contributed by atoms with van der Waals surface area (Å²) < 4.78 is 13.1. The van der Waals surface area contributed by atoms with Crippen LogP contribution in [0, 0.1) is 5.82 Å². The zero-order valence-electron chi connectivity index (χ0n) is 19.0. The normalized spacial score (nSPS) is 10.8. The van der Waals surface area contributed by atoms with Crippen LogP contribution in [0.5, 0.6) is 0 Å². The van der Waals surface area contributed by atoms with Gasteiger partial charge in [-0.1, -0.05) is 12.1 Å². The van der Waals surface area contributed by atoms with E-state index in [0.29, 0.717) is 39.4 Å². The van der Waals surface area contributed by atoms with Crippen LogP contribution < -0.4 is 10.6 Å². The van der Waals surface area contributed by atoms with Crippen LogP contribution >= 0.6 is 0 Å². The van der Waals surface area contributed by atoms with Gasteiger partial charge in [0.2, 0.25) is 0 Å². The van der Waals surface area contributed by atoms with Crippen molar-refractivity contribution in [3.8, 4) is 11.4 Å². The van der Waals surface area contributed by atoms with Crippen LogP contribution in [0.1, 0.15) is 26.3 Å². The van der Waals surface area contributed by atoms with Gasteiger partial charge in [0.15, 0.2) is 0 Å². The highest BCUT2D eigenvalue weighted by Gasteiger charge is 2.12. The molecule has 0 aliphatic rings. The highest BCUT2D eigenvalue weighted by atomic mass is 19.1. The lowest BCUT2D eigenvalue weighted by molar-refractivity contribution is 0.101. The van der Waals surface area contributed by atoms with Crippen molar-refractivity contribution in [1.82, 2.24) is 9.97 Å². The lowest BCUT2D eigenvalue weighted by Gasteiger charge is -2.06. The number of H-pyrrole nitrogens is 1. The molecule has 0 aliphatic carbocycles. The number of carbonyl (C=O) groups excluding carboxylic acids is 2. The molecule has 2 amide bonds. The molecular weight excluding hydrogens is 459 g/mol. The van der Waals surface area contributed by atoms with Gasteiger partial charge in [-0.2, -0.15) is 0 Å². The van der Waals surface area contributed by atoms with Crippen molar-refractivity contribution in [2.75, 3.05) is 10.6 Å². The first-order chi connectivity index (χ1) is 17.5. The van der Waals surface area contributed by atoms with E-state index in [2.05, 4.69) is 20.6 Å². The third-order valence-electron chi connectivity index (χ3n) is 5.66. The number of nitrogens with one attached hydrogen (secondary N) is 3. The maximum atomic E-state index is 13.1. The van der Waals surface area contributed by atoms with Gasteiger partial charge >= 0.3 is 0 Å². The van der Waals surface area contributed by atoms with Crippen molar-refractivity contribution in [1.29, 1.82) is 0 Å². The van der Waals surface area contributed by atoms with Crippen molar-refractivity contribution in [2.24, 2.45) is 0 Å². The molecule has 5 rings (SSSR count). The molecule has 0 fully saturated rings. The van der Waals surface area contributed by atoms with E-state index in [9.17, 15) is 14.0 Å². The first-order valence-corrected chi connectivity index (χ1v) is 11.2. The lowest BCUT2D eigenvalue weighted by Crippen LogP contribution is -2.11. The van der Waals surface area contributed by atoms with Crippen LogP contribution in [0.25, 0.3) is 22.4 Å². The summed E-state index contributed by atoms with van der Waals surface area (Å²) in [5.74, 6) is -0.310. The van der Waals surface area contributed by atoms with Crippen LogP contribution in [0.2, 0.25) is 0 Å². The average molecular weight is 480 g/mol. The number of fused-ring (bicyclic) bond motifs is 1. The molecule has 4 aromatic carbocycles. The van der Waals surface area contributed by atoms with Crippen molar-refractivity contribution in [3.63, 3.8) is 0 Å². The summed E-state index contributed by atoms with van der Waals surface area (Å²) in [7, 11) is 0. The Bertz CT molecular complexity index is 1540. The van der Waals surface area contributed by atoms with Gasteiger partial charge in [-0.15, -0.1) is 0 Å². The molecule has 0 aliphatic heterocycles. The third-order valence-corrected chi connectivity index (χ3v) is 5.66. The molecule has 0 radical (unpaired) electrons. The maximum absolute atomic E-state index is 13.1. The molecule has 7 nitrogen and oxygen atoms in total. The number of hydrogen-bond donors (Lipinski definition) is 4. The SMILES string of the molecule is O=C(Nc1ccc(-c2nc3ccc(C(=O)Nc4ccc(F)cc4)cc3[nH]2)cc1)c1ccc(CO)cc1. The quantitative estimate of drug-likeness (QED) is 0.262. The number of halogens is 1. The molecule has 178 valence electrons. The second-order valence-corrected chi connectivity index (χ2v) is 8.16. The number of aromatic amines is 1. The molecule has 8 heteroatoms. The summed E-state index contributed by atoms with van der Waals surface area (Å²) >= 11 is 0. The Hall–Kier alpha value is -4.82. The Morgan fingerprint density at radius 3 is 2.00 bits per heavy atom. The summed E-state index contributed by atoms with van der Waals surface area (Å²) in [6.07, 6.45) is 0. The predicted molar refractivity (Wildman–Crippen MR) is 136 cm³/mol. The molecule has 5 aromatic rings. The topological polar surface area (TPSA) is 107 Å². The van der Waals surface area contributed by atoms with E-state index in [1.54, 1.807) is 54.6 Å². The minimum atomic E-state index is -0.372. The van der Waals surface area contributed by atoms with Crippen LogP contribution in [-0.4, -0.2) is 26.9 Å². The van der Waals surface area contributed by atoms with Gasteiger partial charge in [-0.3, -0.25) is 9.59 Å². The van der Waals surface area contributed by atoms with E-state index in [0.717, 1.165) is 11.1 Å². The number of amides is 2. The van der Waals surface area contributed by atoms with Gasteiger partial charge in [0.1, 0.15) is 11.6 Å². The molecule has 0 unspecified atom stereocenters. The molecule has 36 heavy (non-hydrogen) atoms. The van der Waals surface area contributed by atoms with Crippen molar-refractivity contribution in [3.05, 3.63) is 114 Å². The van der Waals surface area contributed by atoms with Gasteiger partial charge < -0.3 is 20.7 Å².